The van der Waals surface area contributed by atoms with E-state index in [2.05, 4.69) is 15.5 Å². The van der Waals surface area contributed by atoms with Crippen molar-refractivity contribution < 1.29 is 55.9 Å². The summed E-state index contributed by atoms with van der Waals surface area (Å²) in [6.07, 6.45) is 6.95. The summed E-state index contributed by atoms with van der Waals surface area (Å²) in [5, 5.41) is 18.4. The van der Waals surface area contributed by atoms with Crippen molar-refractivity contribution in [2.45, 2.75) is 55.3 Å². The normalized spacial score (nSPS) is 19.7. The number of carbonyl (C=O) groups is 4. The smallest absolute Gasteiger partial charge is 0.356 e. The number of pyridine rings is 1. The van der Waals surface area contributed by atoms with Crippen LogP contribution < -0.4 is 21.4 Å². The number of hydrogen-bond acceptors (Lipinski definition) is 14. The molecule has 0 spiro atoms. The lowest BCUT2D eigenvalue weighted by Crippen LogP contribution is -2.73. The maximum absolute atomic E-state index is 13.2. The molecule has 7 N–H and O–H groups in total. The van der Waals surface area contributed by atoms with Gasteiger partial charge in [0.1, 0.15) is 36.2 Å². The molecule has 18 nitrogen and oxygen atoms in total. The van der Waals surface area contributed by atoms with Crippen LogP contribution >= 0.6 is 23.1 Å². The lowest BCUT2D eigenvalue weighted by molar-refractivity contribution is -0.684. The molecule has 1 aliphatic carbocycles. The van der Waals surface area contributed by atoms with E-state index in [1.807, 2.05) is 0 Å². The van der Waals surface area contributed by atoms with Gasteiger partial charge in [0.15, 0.2) is 28.9 Å². The van der Waals surface area contributed by atoms with Crippen molar-refractivity contribution >= 4 is 68.0 Å². The number of nitrogens with one attached hydrogen (secondary N) is 1. The Morgan fingerprint density at radius 3 is 2.50 bits per heavy atom. The molecule has 1 saturated carbocycles. The Kier molecular flexibility index (Phi) is 11.2. The fourth-order valence-electron chi connectivity index (χ4n) is 4.78. The number of thioether (sulfide) groups is 1. The first-order valence-electron chi connectivity index (χ1n) is 13.5. The van der Waals surface area contributed by atoms with Crippen molar-refractivity contribution in [1.29, 1.82) is 0 Å². The number of carbonyl (C=O) groups excluding carboxylic acids is 3. The fraction of sp³-hybridized carbons (Fsp3) is 0.400. The molecule has 248 valence electrons. The Labute approximate surface area is 270 Å². The summed E-state index contributed by atoms with van der Waals surface area (Å²) in [5.41, 5.74) is 10.8. The number of rotatable bonds is 11. The number of nitrogens with zero attached hydrogens (tertiary/aromatic N) is 4. The highest BCUT2D eigenvalue weighted by molar-refractivity contribution is 7.99. The van der Waals surface area contributed by atoms with Gasteiger partial charge in [-0.1, -0.05) is 5.16 Å². The Hall–Kier alpha value is -4.31. The maximum Gasteiger partial charge on any atom is 0.356 e. The molecule has 0 radical (unpaired) electrons. The van der Waals surface area contributed by atoms with Gasteiger partial charge in [-0.3, -0.25) is 23.8 Å². The van der Waals surface area contributed by atoms with E-state index in [-0.39, 0.29) is 53.0 Å². The molecule has 3 aliphatic rings. The van der Waals surface area contributed by atoms with E-state index in [0.717, 1.165) is 46.8 Å². The maximum atomic E-state index is 13.2. The predicted molar refractivity (Wildman–Crippen MR) is 158 cm³/mol. The van der Waals surface area contributed by atoms with Crippen LogP contribution in [0.15, 0.2) is 51.4 Å². The number of amides is 3. The summed E-state index contributed by atoms with van der Waals surface area (Å²) in [7, 11) is -4.92. The third-order valence-electron chi connectivity index (χ3n) is 6.79. The third-order valence-corrected chi connectivity index (χ3v) is 8.47. The molecule has 0 aromatic carbocycles. The van der Waals surface area contributed by atoms with Gasteiger partial charge in [-0.15, -0.1) is 23.1 Å². The highest BCUT2D eigenvalue weighted by Crippen LogP contribution is 2.35. The number of thiazole rings is 1. The molecular formula is C25H29N7O11S3. The zero-order valence-electron chi connectivity index (χ0n) is 23.8. The van der Waals surface area contributed by atoms with Gasteiger partial charge in [0.05, 0.1) is 5.75 Å². The van der Waals surface area contributed by atoms with Crippen LogP contribution in [0.2, 0.25) is 0 Å². The number of fused-ring (bicyclic) bond motifs is 1. The molecule has 46 heavy (non-hydrogen) atoms. The molecule has 5 rings (SSSR count). The van der Waals surface area contributed by atoms with Gasteiger partial charge in [-0.25, -0.2) is 18.2 Å². The van der Waals surface area contributed by atoms with Crippen LogP contribution in [0.25, 0.3) is 0 Å². The summed E-state index contributed by atoms with van der Waals surface area (Å²) >= 11 is 2.44. The molecule has 1 saturated heterocycles. The minimum atomic E-state index is -4.92. The molecule has 4 heterocycles. The Morgan fingerprint density at radius 1 is 1.28 bits per heavy atom. The van der Waals surface area contributed by atoms with Crippen LogP contribution in [0.4, 0.5) is 5.13 Å². The van der Waals surface area contributed by atoms with E-state index in [1.165, 1.54) is 11.8 Å². The van der Waals surface area contributed by atoms with Gasteiger partial charge >= 0.3 is 5.97 Å². The zero-order chi connectivity index (χ0) is 33.6. The molecule has 0 bridgehead atoms. The van der Waals surface area contributed by atoms with Crippen LogP contribution in [0.5, 0.6) is 0 Å². The highest BCUT2D eigenvalue weighted by Gasteiger charge is 2.55. The molecular weight excluding hydrogens is 671 g/mol. The van der Waals surface area contributed by atoms with Crippen molar-refractivity contribution in [3.05, 3.63) is 47.1 Å². The van der Waals surface area contributed by atoms with Gasteiger partial charge in [-0.05, 0) is 25.7 Å². The largest absolute Gasteiger partial charge is 0.726 e. The average molecular weight is 700 g/mol. The van der Waals surface area contributed by atoms with Crippen LogP contribution in [0.3, 0.4) is 0 Å². The number of oxime groups is 1. The first-order chi connectivity index (χ1) is 21.7. The number of anilines is 1. The minimum Gasteiger partial charge on any atom is -0.726 e. The van der Waals surface area contributed by atoms with Crippen LogP contribution in [0, 0.1) is 0 Å². The first kappa shape index (κ1) is 34.6. The monoisotopic (exact) mass is 699 g/mol. The summed E-state index contributed by atoms with van der Waals surface area (Å²) in [6, 6.07) is 1.78. The second-order valence-corrected chi connectivity index (χ2v) is 12.8. The molecule has 2 fully saturated rings. The van der Waals surface area contributed by atoms with Crippen LogP contribution in [0.1, 0.15) is 31.4 Å². The number of nitrogens with two attached hydrogens (primary N) is 2. The van der Waals surface area contributed by atoms with Gasteiger partial charge in [0, 0.05) is 22.4 Å². The molecule has 3 amide bonds. The Morgan fingerprint density at radius 2 is 1.93 bits per heavy atom. The second kappa shape index (κ2) is 14.9. The average Bonchev–Trinajstić information content (AvgIpc) is 3.66. The summed E-state index contributed by atoms with van der Waals surface area (Å²) in [6.45, 7) is 0.0305. The van der Waals surface area contributed by atoms with Gasteiger partial charge in [0.2, 0.25) is 16.9 Å². The zero-order valence-corrected chi connectivity index (χ0v) is 26.3. The topological polar surface area (TPSA) is 281 Å². The SMILES string of the molecule is NC(=O)C[n+]1ccc(SCC2=C(C(=O)O)N3C(=O)[C@@H](NC(=O)/C(=N\OC4CCCC4)c4csc(N)n4)[C@H]3CO2)cc1.O=S(=O)([O-])O. The predicted octanol–water partition coefficient (Wildman–Crippen LogP) is -1.02. The Balaban J connectivity index is 0.000000892. The van der Waals surface area contributed by atoms with Crippen LogP contribution in [-0.2, 0) is 45.7 Å². The molecule has 21 heteroatoms. The lowest BCUT2D eigenvalue weighted by Gasteiger charge is -2.49. The molecule has 0 unspecified atom stereocenters. The number of nitrogen functional groups attached to an aromatic ring is 1. The highest BCUT2D eigenvalue weighted by atomic mass is 32.3. The van der Waals surface area contributed by atoms with Crippen molar-refractivity contribution in [2.24, 2.45) is 10.9 Å². The quantitative estimate of drug-likeness (QED) is 0.0357. The number of hydrogen-bond donors (Lipinski definition) is 5. The van der Waals surface area contributed by atoms with E-state index in [9.17, 15) is 24.3 Å². The van der Waals surface area contributed by atoms with Crippen LogP contribution in [-0.4, -0.2) is 92.5 Å². The molecule has 2 aromatic heterocycles. The second-order valence-electron chi connectivity index (χ2n) is 10.0. The lowest BCUT2D eigenvalue weighted by atomic mass is 9.92. The van der Waals surface area contributed by atoms with Gasteiger partial charge in [-0.2, -0.15) is 4.57 Å². The summed E-state index contributed by atoms with van der Waals surface area (Å²) in [4.78, 5) is 61.3. The first-order valence-corrected chi connectivity index (χ1v) is 16.7. The Bertz CT molecular complexity index is 1650. The van der Waals surface area contributed by atoms with Gasteiger partial charge < -0.3 is 36.0 Å². The molecule has 2 aliphatic heterocycles. The fourth-order valence-corrected chi connectivity index (χ4v) is 6.16. The van der Waals surface area contributed by atoms with E-state index >= 15 is 0 Å². The summed E-state index contributed by atoms with van der Waals surface area (Å²) in [5.74, 6) is -2.77. The van der Waals surface area contributed by atoms with E-state index in [0.29, 0.717) is 0 Å². The van der Waals surface area contributed by atoms with E-state index < -0.39 is 46.2 Å². The number of ether oxygens (including phenoxy) is 1. The minimum absolute atomic E-state index is 0.00847. The number of aliphatic carboxylic acids is 1. The van der Waals surface area contributed by atoms with Crippen molar-refractivity contribution in [3.63, 3.8) is 0 Å². The van der Waals surface area contributed by atoms with E-state index in [4.69, 9.17) is 38.6 Å². The van der Waals surface area contributed by atoms with Crippen molar-refractivity contribution in [1.82, 2.24) is 15.2 Å². The summed E-state index contributed by atoms with van der Waals surface area (Å²) < 4.78 is 40.2. The van der Waals surface area contributed by atoms with Crippen molar-refractivity contribution in [2.75, 3.05) is 18.1 Å². The van der Waals surface area contributed by atoms with Crippen molar-refractivity contribution in [3.8, 4) is 0 Å². The van der Waals surface area contributed by atoms with Gasteiger partial charge in [0.25, 0.3) is 17.7 Å². The number of carboxylic acids is 1. The number of carboxylic acid groups (broad SMARTS) is 1. The standard InChI is InChI=1S/C25H27N7O7S2.H2O4S/c26-18(33)9-31-7-5-14(6-8-31)40-12-17-21(24(36)37)32-16(10-38-17)20(23(32)35)29-22(34)19(15-11-41-25(27)28-15)30-39-13-3-1-2-4-13;1-5(2,3)4/h5-8,11,13,16,20H,1-4,9-10,12H2,(H5-,26,27,28,29,33,34,36,37);(H2,1,2,3,4)/b30-19-;/t16-,20+;/m1./s1. The number of aromatic nitrogens is 2. The number of β-lactam (4-membered cyclic amide) rings is 1. The molecule has 2 atom stereocenters. The number of primary amides is 1. The third kappa shape index (κ3) is 9.13. The molecule has 2 aromatic rings. The van der Waals surface area contributed by atoms with E-state index in [1.54, 1.807) is 34.5 Å².